The van der Waals surface area contributed by atoms with Crippen molar-refractivity contribution in [1.29, 1.82) is 0 Å². The molecule has 0 unspecified atom stereocenters. The van der Waals surface area contributed by atoms with E-state index >= 15 is 0 Å². The Kier molecular flexibility index (Phi) is 7.06. The average Bonchev–Trinajstić information content (AvgIpc) is 2.74. The van der Waals surface area contributed by atoms with Crippen molar-refractivity contribution in [3.05, 3.63) is 88.2 Å². The van der Waals surface area contributed by atoms with Crippen LogP contribution in [-0.2, 0) is 16.6 Å². The van der Waals surface area contributed by atoms with Gasteiger partial charge in [0, 0.05) is 21.8 Å². The van der Waals surface area contributed by atoms with Crippen LogP contribution in [-0.4, -0.2) is 27.7 Å². The van der Waals surface area contributed by atoms with Gasteiger partial charge in [-0.2, -0.15) is 0 Å². The molecule has 0 saturated carbocycles. The van der Waals surface area contributed by atoms with Gasteiger partial charge in [-0.15, -0.1) is 0 Å². The number of methoxy groups -OCH3 is 1. The molecule has 0 radical (unpaired) electrons. The minimum absolute atomic E-state index is 0.106. The summed E-state index contributed by atoms with van der Waals surface area (Å²) in [6.45, 7) is 1.75. The van der Waals surface area contributed by atoms with E-state index in [0.29, 0.717) is 33.3 Å². The number of benzene rings is 3. The fraction of sp³-hybridized carbons (Fsp3) is 0.174. The van der Waals surface area contributed by atoms with E-state index in [9.17, 15) is 17.6 Å². The van der Waals surface area contributed by atoms with Crippen molar-refractivity contribution in [1.82, 2.24) is 0 Å². The van der Waals surface area contributed by atoms with Crippen LogP contribution in [0.3, 0.4) is 0 Å². The van der Waals surface area contributed by atoms with Crippen molar-refractivity contribution in [2.45, 2.75) is 13.5 Å². The van der Waals surface area contributed by atoms with Crippen LogP contribution in [0.5, 0.6) is 5.75 Å². The van der Waals surface area contributed by atoms with E-state index in [-0.39, 0.29) is 12.5 Å². The molecule has 0 aliphatic rings. The molecule has 0 bridgehead atoms. The van der Waals surface area contributed by atoms with Gasteiger partial charge in [-0.3, -0.25) is 9.10 Å². The lowest BCUT2D eigenvalue weighted by molar-refractivity contribution is 0.102. The van der Waals surface area contributed by atoms with Gasteiger partial charge in [-0.05, 0) is 67.1 Å². The molecule has 9 heteroatoms. The maximum atomic E-state index is 13.3. The predicted octanol–water partition coefficient (Wildman–Crippen LogP) is 5.01. The summed E-state index contributed by atoms with van der Waals surface area (Å²) in [4.78, 5) is 12.8. The van der Waals surface area contributed by atoms with Crippen LogP contribution in [0.2, 0.25) is 5.02 Å². The Morgan fingerprint density at radius 3 is 2.38 bits per heavy atom. The number of halogens is 2. The lowest BCUT2D eigenvalue weighted by atomic mass is 10.1. The van der Waals surface area contributed by atoms with Crippen LogP contribution in [0, 0.1) is 12.7 Å². The molecule has 6 nitrogen and oxygen atoms in total. The highest BCUT2D eigenvalue weighted by Gasteiger charge is 2.21. The summed E-state index contributed by atoms with van der Waals surface area (Å²) in [5.74, 6) is -0.452. The van der Waals surface area contributed by atoms with Crippen LogP contribution in [0.25, 0.3) is 0 Å². The second-order valence-corrected chi connectivity index (χ2v) is 9.50. The molecule has 3 rings (SSSR count). The highest BCUT2D eigenvalue weighted by atomic mass is 35.5. The number of rotatable bonds is 7. The molecule has 0 aliphatic heterocycles. The van der Waals surface area contributed by atoms with Crippen molar-refractivity contribution in [2.75, 3.05) is 23.0 Å². The summed E-state index contributed by atoms with van der Waals surface area (Å²) in [5, 5.41) is 3.30. The molecule has 168 valence electrons. The third-order valence-corrected chi connectivity index (χ3v) is 6.35. The van der Waals surface area contributed by atoms with Crippen molar-refractivity contribution in [2.24, 2.45) is 0 Å². The number of carbonyl (C=O) groups is 1. The Hall–Kier alpha value is -3.10. The van der Waals surface area contributed by atoms with Crippen LogP contribution >= 0.6 is 11.6 Å². The number of sulfonamides is 1. The van der Waals surface area contributed by atoms with Gasteiger partial charge < -0.3 is 10.1 Å². The second-order valence-electron chi connectivity index (χ2n) is 7.19. The normalized spacial score (nSPS) is 11.2. The Morgan fingerprint density at radius 1 is 1.09 bits per heavy atom. The summed E-state index contributed by atoms with van der Waals surface area (Å²) in [6, 6.07) is 15.0. The smallest absolute Gasteiger partial charge is 0.255 e. The first-order valence-electron chi connectivity index (χ1n) is 9.56. The predicted molar refractivity (Wildman–Crippen MR) is 125 cm³/mol. The third kappa shape index (κ3) is 5.57. The van der Waals surface area contributed by atoms with Crippen molar-refractivity contribution in [3.63, 3.8) is 0 Å². The number of nitrogens with zero attached hydrogens (tertiary/aromatic N) is 1. The lowest BCUT2D eigenvalue weighted by Crippen LogP contribution is -2.29. The molecular formula is C23H22ClFN2O4S. The van der Waals surface area contributed by atoms with Crippen LogP contribution in [0.15, 0.2) is 60.7 Å². The summed E-state index contributed by atoms with van der Waals surface area (Å²) in [6.07, 6.45) is 1.06. The number of nitrogens with one attached hydrogen (secondary N) is 1. The van der Waals surface area contributed by atoms with E-state index in [2.05, 4.69) is 5.32 Å². The van der Waals surface area contributed by atoms with Gasteiger partial charge >= 0.3 is 0 Å². The summed E-state index contributed by atoms with van der Waals surface area (Å²) in [7, 11) is -2.25. The molecule has 3 aromatic rings. The van der Waals surface area contributed by atoms with Gasteiger partial charge in [0.15, 0.2) is 0 Å². The first-order chi connectivity index (χ1) is 15.1. The number of amides is 1. The van der Waals surface area contributed by atoms with Crippen molar-refractivity contribution in [3.8, 4) is 5.75 Å². The molecule has 1 amide bonds. The standard InChI is InChI=1S/C23H22ClFN2O4S/c1-15-4-8-19(13-21(15)24)26-23(28)16-5-11-22(31-2)17(12-16)14-27(32(3,29)30)20-9-6-18(25)7-10-20/h4-13H,14H2,1-3H3,(H,26,28). The summed E-state index contributed by atoms with van der Waals surface area (Å²) >= 11 is 6.12. The highest BCUT2D eigenvalue weighted by Crippen LogP contribution is 2.27. The topological polar surface area (TPSA) is 75.7 Å². The fourth-order valence-electron chi connectivity index (χ4n) is 3.08. The molecule has 0 heterocycles. The molecular weight excluding hydrogens is 455 g/mol. The number of aryl methyl sites for hydroxylation is 1. The average molecular weight is 477 g/mol. The highest BCUT2D eigenvalue weighted by molar-refractivity contribution is 7.92. The Bertz CT molecular complexity index is 1250. The van der Waals surface area contributed by atoms with Gasteiger partial charge in [0.1, 0.15) is 11.6 Å². The molecule has 0 spiro atoms. The largest absolute Gasteiger partial charge is 0.496 e. The second kappa shape index (κ2) is 9.58. The zero-order valence-corrected chi connectivity index (χ0v) is 19.3. The van der Waals surface area contributed by atoms with Gasteiger partial charge in [0.05, 0.1) is 25.6 Å². The van der Waals surface area contributed by atoms with Gasteiger partial charge in [-0.1, -0.05) is 17.7 Å². The Morgan fingerprint density at radius 2 is 1.78 bits per heavy atom. The maximum Gasteiger partial charge on any atom is 0.255 e. The number of anilines is 2. The summed E-state index contributed by atoms with van der Waals surface area (Å²) in [5.41, 5.74) is 2.49. The van der Waals surface area contributed by atoms with Gasteiger partial charge in [0.25, 0.3) is 5.91 Å². The molecule has 0 atom stereocenters. The van der Waals surface area contributed by atoms with E-state index < -0.39 is 15.8 Å². The van der Waals surface area contributed by atoms with E-state index in [1.807, 2.05) is 6.92 Å². The monoisotopic (exact) mass is 476 g/mol. The molecule has 32 heavy (non-hydrogen) atoms. The van der Waals surface area contributed by atoms with E-state index in [1.54, 1.807) is 36.4 Å². The molecule has 0 aliphatic carbocycles. The SMILES string of the molecule is COc1ccc(C(=O)Nc2ccc(C)c(Cl)c2)cc1CN(c1ccc(F)cc1)S(C)(=O)=O. The van der Waals surface area contributed by atoms with Crippen LogP contribution < -0.4 is 14.4 Å². The quantitative estimate of drug-likeness (QED) is 0.519. The zero-order chi connectivity index (χ0) is 23.5. The summed E-state index contributed by atoms with van der Waals surface area (Å²) < 4.78 is 44.7. The number of carbonyl (C=O) groups excluding carboxylic acids is 1. The third-order valence-electron chi connectivity index (χ3n) is 4.80. The molecule has 0 saturated heterocycles. The van der Waals surface area contributed by atoms with Crippen LogP contribution in [0.4, 0.5) is 15.8 Å². The van der Waals surface area contributed by atoms with Crippen molar-refractivity contribution >= 4 is 38.9 Å². The van der Waals surface area contributed by atoms with E-state index in [0.717, 1.165) is 16.1 Å². The molecule has 1 N–H and O–H groups in total. The number of ether oxygens (including phenoxy) is 1. The number of hydrogen-bond donors (Lipinski definition) is 1. The zero-order valence-electron chi connectivity index (χ0n) is 17.7. The number of hydrogen-bond acceptors (Lipinski definition) is 4. The van der Waals surface area contributed by atoms with Crippen LogP contribution in [0.1, 0.15) is 21.5 Å². The van der Waals surface area contributed by atoms with E-state index in [4.69, 9.17) is 16.3 Å². The minimum atomic E-state index is -3.70. The Balaban J connectivity index is 1.93. The van der Waals surface area contributed by atoms with Gasteiger partial charge in [0.2, 0.25) is 10.0 Å². The molecule has 0 fully saturated rings. The Labute approximate surface area is 191 Å². The lowest BCUT2D eigenvalue weighted by Gasteiger charge is -2.24. The first-order valence-corrected chi connectivity index (χ1v) is 11.8. The molecule has 3 aromatic carbocycles. The first kappa shape index (κ1) is 23.6. The fourth-order valence-corrected chi connectivity index (χ4v) is 4.14. The minimum Gasteiger partial charge on any atom is -0.496 e. The molecule has 0 aromatic heterocycles. The maximum absolute atomic E-state index is 13.3. The van der Waals surface area contributed by atoms with Gasteiger partial charge in [-0.25, -0.2) is 12.8 Å². The van der Waals surface area contributed by atoms with Crippen molar-refractivity contribution < 1.29 is 22.3 Å². The van der Waals surface area contributed by atoms with E-state index in [1.165, 1.54) is 31.4 Å².